The van der Waals surface area contributed by atoms with E-state index in [0.29, 0.717) is 5.78 Å². The molecule has 3 heteroatoms. The van der Waals surface area contributed by atoms with Gasteiger partial charge in [0.2, 0.25) is 0 Å². The van der Waals surface area contributed by atoms with E-state index in [9.17, 15) is 7.87 Å². The maximum atomic E-state index is 12.4. The van der Waals surface area contributed by atoms with Gasteiger partial charge in [-0.2, -0.15) is 0 Å². The second kappa shape index (κ2) is 6.27. The summed E-state index contributed by atoms with van der Waals surface area (Å²) in [6.07, 6.45) is 6.15. The van der Waals surface area contributed by atoms with Gasteiger partial charge in [-0.25, -0.2) is 0 Å². The van der Waals surface area contributed by atoms with Gasteiger partial charge in [0.15, 0.2) is 0 Å². The number of carbonyl (C=O) groups excluding carboxylic acids is 1. The van der Waals surface area contributed by atoms with E-state index in [0.717, 1.165) is 43.0 Å². The Labute approximate surface area is 106 Å². The van der Waals surface area contributed by atoms with Crippen LogP contribution in [0, 0.1) is 5.92 Å². The van der Waals surface area contributed by atoms with Gasteiger partial charge < -0.3 is 0 Å². The predicted octanol–water partition coefficient (Wildman–Crippen LogP) is 3.75. The Kier molecular flexibility index (Phi) is 5.61. The molecular formula is C13H24O2Sn. The Morgan fingerprint density at radius 1 is 1.25 bits per heavy atom. The summed E-state index contributed by atoms with van der Waals surface area (Å²) in [6, 6.07) is 0. The molecule has 2 nitrogen and oxygen atoms in total. The first kappa shape index (κ1) is 14.3. The van der Waals surface area contributed by atoms with Crippen LogP contribution in [0.1, 0.15) is 59.3 Å². The topological polar surface area (TPSA) is 34.1 Å². The molecule has 0 bridgehead atoms. The molecule has 1 rings (SSSR count). The van der Waals surface area contributed by atoms with E-state index in [4.69, 9.17) is 0 Å². The Bertz CT molecular complexity index is 265. The molecule has 0 amide bonds. The molecule has 1 saturated heterocycles. The van der Waals surface area contributed by atoms with Crippen molar-refractivity contribution in [3.05, 3.63) is 0 Å². The summed E-state index contributed by atoms with van der Waals surface area (Å²) in [7, 11) is 0. The van der Waals surface area contributed by atoms with Crippen LogP contribution in [0.5, 0.6) is 0 Å². The van der Waals surface area contributed by atoms with Crippen LogP contribution in [0.3, 0.4) is 0 Å². The first-order valence-corrected chi connectivity index (χ1v) is 11.3. The Balaban J connectivity index is 2.84. The number of Topliss-reactive ketones (excluding diaryl/α,β-unsaturated/α-hetero) is 1. The maximum absolute atomic E-state index is 12.4. The third-order valence-electron chi connectivity index (χ3n) is 3.86. The van der Waals surface area contributed by atoms with Gasteiger partial charge in [0.25, 0.3) is 0 Å². The molecule has 1 heterocycles. The van der Waals surface area contributed by atoms with E-state index in [1.165, 1.54) is 0 Å². The van der Waals surface area contributed by atoms with E-state index >= 15 is 0 Å². The number of carbonyl (C=O) groups is 1. The molecule has 92 valence electrons. The number of rotatable bonds is 6. The van der Waals surface area contributed by atoms with Crippen molar-refractivity contribution in [1.82, 2.24) is 0 Å². The van der Waals surface area contributed by atoms with Crippen LogP contribution >= 0.6 is 0 Å². The van der Waals surface area contributed by atoms with Crippen LogP contribution in [0.2, 0.25) is 7.87 Å². The van der Waals surface area contributed by atoms with Crippen LogP contribution in [-0.4, -0.2) is 25.5 Å². The molecule has 0 aromatic carbocycles. The summed E-state index contributed by atoms with van der Waals surface area (Å²) in [6.45, 7) is 6.26. The molecule has 1 aliphatic heterocycles. The van der Waals surface area contributed by atoms with Crippen molar-refractivity contribution in [2.24, 2.45) is 5.92 Å². The summed E-state index contributed by atoms with van der Waals surface area (Å²) in [5.41, 5.74) is 0. The fourth-order valence-corrected chi connectivity index (χ4v) is 10.1. The first-order valence-electron chi connectivity index (χ1n) is 6.66. The van der Waals surface area contributed by atoms with Gasteiger partial charge >= 0.3 is 106 Å². The van der Waals surface area contributed by atoms with Gasteiger partial charge in [-0.05, 0) is 0 Å². The minimum atomic E-state index is -2.67. The normalized spacial score (nSPS) is 24.1. The van der Waals surface area contributed by atoms with Gasteiger partial charge in [-0.3, -0.25) is 0 Å². The zero-order valence-electron chi connectivity index (χ0n) is 10.8. The average Bonchev–Trinajstić information content (AvgIpc) is 2.47. The Morgan fingerprint density at radius 3 is 2.06 bits per heavy atom. The van der Waals surface area contributed by atoms with E-state index in [1.807, 2.05) is 6.92 Å². The zero-order chi connectivity index (χ0) is 12.2. The molecule has 0 aromatic rings. The van der Waals surface area contributed by atoms with Gasteiger partial charge in [0.05, 0.1) is 0 Å². The average molecular weight is 331 g/mol. The van der Waals surface area contributed by atoms with E-state index in [1.54, 1.807) is 0 Å². The molecular weight excluding hydrogens is 307 g/mol. The third-order valence-corrected chi connectivity index (χ3v) is 11.8. The molecule has 1 atom stereocenters. The summed E-state index contributed by atoms with van der Waals surface area (Å²) in [5, 5.41) is 0. The number of unbranched alkanes of at least 4 members (excludes halogenated alkanes) is 2. The Hall–Kier alpha value is 0.269. The molecule has 0 aromatic heterocycles. The molecule has 0 saturated carbocycles. The van der Waals surface area contributed by atoms with Crippen LogP contribution in [0.25, 0.3) is 0 Å². The molecule has 1 unspecified atom stereocenters. The van der Waals surface area contributed by atoms with Gasteiger partial charge in [0, 0.05) is 0 Å². The molecule has 0 N–H and O–H groups in total. The van der Waals surface area contributed by atoms with Gasteiger partial charge in [0.1, 0.15) is 0 Å². The predicted molar refractivity (Wildman–Crippen MR) is 67.2 cm³/mol. The quantitative estimate of drug-likeness (QED) is 0.695. The summed E-state index contributed by atoms with van der Waals surface area (Å²) < 4.78 is 12.8. The second-order valence-corrected chi connectivity index (χ2v) is 11.5. The summed E-state index contributed by atoms with van der Waals surface area (Å²) >= 11 is -2.67. The van der Waals surface area contributed by atoms with Crippen molar-refractivity contribution in [2.45, 2.75) is 67.2 Å². The zero-order valence-corrected chi connectivity index (χ0v) is 13.7. The van der Waals surface area contributed by atoms with Crippen LogP contribution in [0.15, 0.2) is 0 Å². The second-order valence-electron chi connectivity index (χ2n) is 5.18. The standard InChI is InChI=1S/C13H24O.O.Sn/c1-5-7-9-12(10-8-6-2)13(14)11(3)4;;/h11H,3,5-10H2,1-2,4H3;;. The van der Waals surface area contributed by atoms with E-state index in [2.05, 4.69) is 13.8 Å². The van der Waals surface area contributed by atoms with Crippen LogP contribution in [0.4, 0.5) is 0 Å². The van der Waals surface area contributed by atoms with E-state index < -0.39 is 19.7 Å². The minimum absolute atomic E-state index is 0.0839. The third kappa shape index (κ3) is 2.74. The first-order chi connectivity index (χ1) is 7.58. The number of hydrogen-bond acceptors (Lipinski definition) is 2. The van der Waals surface area contributed by atoms with Crippen LogP contribution in [-0.2, 0) is 7.87 Å². The molecule has 16 heavy (non-hydrogen) atoms. The summed E-state index contributed by atoms with van der Waals surface area (Å²) in [4.78, 5) is 12.3. The number of ketones is 1. The monoisotopic (exact) mass is 332 g/mol. The van der Waals surface area contributed by atoms with E-state index in [-0.39, 0.29) is 9.35 Å². The van der Waals surface area contributed by atoms with Gasteiger partial charge in [-0.15, -0.1) is 0 Å². The van der Waals surface area contributed by atoms with Crippen molar-refractivity contribution in [3.63, 3.8) is 0 Å². The van der Waals surface area contributed by atoms with Crippen molar-refractivity contribution in [1.29, 1.82) is 0 Å². The molecule has 0 aliphatic carbocycles. The molecule has 1 aliphatic rings. The van der Waals surface area contributed by atoms with Gasteiger partial charge in [-0.1, -0.05) is 0 Å². The van der Waals surface area contributed by atoms with Crippen molar-refractivity contribution in [3.8, 4) is 0 Å². The van der Waals surface area contributed by atoms with Crippen LogP contribution < -0.4 is 0 Å². The molecule has 0 radical (unpaired) electrons. The molecule has 0 spiro atoms. The van der Waals surface area contributed by atoms with Crippen molar-refractivity contribution < 1.29 is 7.87 Å². The van der Waals surface area contributed by atoms with Crippen molar-refractivity contribution >= 4 is 25.5 Å². The summed E-state index contributed by atoms with van der Waals surface area (Å²) in [5.74, 6) is 0.430. The van der Waals surface area contributed by atoms with Crippen molar-refractivity contribution in [2.75, 3.05) is 0 Å². The number of hydrogen-bond donors (Lipinski definition) is 0. The fraction of sp³-hybridized carbons (Fsp3) is 0.923. The SMILES string of the molecule is CCCC[C]1(CCCC)C(=O)C(C)[CH2][Sn]1=[O]. The fourth-order valence-electron chi connectivity index (χ4n) is 2.78. The Morgan fingerprint density at radius 2 is 1.75 bits per heavy atom. The molecule has 1 fully saturated rings.